The van der Waals surface area contributed by atoms with Gasteiger partial charge in [-0.25, -0.2) is 4.98 Å². The first-order valence-electron chi connectivity index (χ1n) is 7.26. The normalized spacial score (nSPS) is 12.7. The van der Waals surface area contributed by atoms with Gasteiger partial charge in [0.1, 0.15) is 0 Å². The third kappa shape index (κ3) is 2.82. The molecule has 0 radical (unpaired) electrons. The molecule has 1 unspecified atom stereocenters. The Balaban J connectivity index is 1.86. The molecule has 0 amide bonds. The molecule has 0 aliphatic rings. The number of aromatic nitrogens is 2. The number of rotatable bonds is 5. The van der Waals surface area contributed by atoms with Crippen molar-refractivity contribution in [2.75, 3.05) is 0 Å². The van der Waals surface area contributed by atoms with Gasteiger partial charge in [-0.2, -0.15) is 0 Å². The van der Waals surface area contributed by atoms with E-state index < -0.39 is 0 Å². The summed E-state index contributed by atoms with van der Waals surface area (Å²) >= 11 is 0. The van der Waals surface area contributed by atoms with Crippen LogP contribution in [0.2, 0.25) is 0 Å². The van der Waals surface area contributed by atoms with Gasteiger partial charge in [-0.1, -0.05) is 43.3 Å². The van der Waals surface area contributed by atoms with Crippen LogP contribution in [-0.4, -0.2) is 9.55 Å². The lowest BCUT2D eigenvalue weighted by Gasteiger charge is -2.18. The zero-order chi connectivity index (χ0) is 14.7. The Morgan fingerprint density at radius 1 is 1.14 bits per heavy atom. The monoisotopic (exact) mass is 280 g/mol. The summed E-state index contributed by atoms with van der Waals surface area (Å²) in [5, 5.41) is 0. The lowest BCUT2D eigenvalue weighted by molar-refractivity contribution is 0.481. The van der Waals surface area contributed by atoms with Crippen molar-refractivity contribution in [3.05, 3.63) is 66.0 Å². The molecule has 4 heteroatoms. The SMILES string of the molecule is CCc1ccc(C(Cn2cnc3ccccc32)NN)cc1. The first-order valence-corrected chi connectivity index (χ1v) is 7.26. The summed E-state index contributed by atoms with van der Waals surface area (Å²) in [6.45, 7) is 2.91. The summed E-state index contributed by atoms with van der Waals surface area (Å²) < 4.78 is 2.13. The Kier molecular flexibility index (Phi) is 3.99. The smallest absolute Gasteiger partial charge is 0.0958 e. The molecule has 0 fully saturated rings. The maximum absolute atomic E-state index is 5.75. The van der Waals surface area contributed by atoms with Crippen LogP contribution in [0, 0.1) is 0 Å². The number of fused-ring (bicyclic) bond motifs is 1. The van der Waals surface area contributed by atoms with Crippen LogP contribution in [0.15, 0.2) is 54.9 Å². The summed E-state index contributed by atoms with van der Waals surface area (Å²) in [5.74, 6) is 5.75. The predicted molar refractivity (Wildman–Crippen MR) is 85.6 cm³/mol. The Morgan fingerprint density at radius 2 is 1.90 bits per heavy atom. The van der Waals surface area contributed by atoms with Crippen molar-refractivity contribution in [3.63, 3.8) is 0 Å². The fourth-order valence-corrected chi connectivity index (χ4v) is 2.59. The molecule has 1 heterocycles. The molecule has 1 aromatic heterocycles. The van der Waals surface area contributed by atoms with Crippen LogP contribution in [-0.2, 0) is 13.0 Å². The van der Waals surface area contributed by atoms with E-state index in [1.807, 2.05) is 24.5 Å². The van der Waals surface area contributed by atoms with Gasteiger partial charge < -0.3 is 4.57 Å². The Hall–Kier alpha value is -2.17. The highest BCUT2D eigenvalue weighted by Crippen LogP contribution is 2.19. The molecular weight excluding hydrogens is 260 g/mol. The molecule has 0 aliphatic heterocycles. The van der Waals surface area contributed by atoms with Crippen molar-refractivity contribution in [2.24, 2.45) is 5.84 Å². The van der Waals surface area contributed by atoms with Gasteiger partial charge in [0, 0.05) is 6.54 Å². The first kappa shape index (κ1) is 13.8. The number of para-hydroxylation sites is 2. The molecule has 1 atom stereocenters. The van der Waals surface area contributed by atoms with Crippen LogP contribution in [0.4, 0.5) is 0 Å². The lowest BCUT2D eigenvalue weighted by Crippen LogP contribution is -2.31. The van der Waals surface area contributed by atoms with Crippen LogP contribution in [0.25, 0.3) is 11.0 Å². The summed E-state index contributed by atoms with van der Waals surface area (Å²) in [5.41, 5.74) is 7.57. The molecule has 0 aliphatic carbocycles. The van der Waals surface area contributed by atoms with Crippen molar-refractivity contribution < 1.29 is 0 Å². The van der Waals surface area contributed by atoms with E-state index in [1.165, 1.54) is 11.1 Å². The highest BCUT2D eigenvalue weighted by molar-refractivity contribution is 5.74. The molecule has 0 saturated heterocycles. The average molecular weight is 280 g/mol. The number of hydrogen-bond donors (Lipinski definition) is 2. The quantitative estimate of drug-likeness (QED) is 0.558. The van der Waals surface area contributed by atoms with Gasteiger partial charge in [0.25, 0.3) is 0 Å². The molecule has 21 heavy (non-hydrogen) atoms. The number of nitrogens with one attached hydrogen (secondary N) is 1. The van der Waals surface area contributed by atoms with Gasteiger partial charge in [-0.3, -0.25) is 11.3 Å². The minimum Gasteiger partial charge on any atom is -0.329 e. The molecule has 0 spiro atoms. The number of aryl methyl sites for hydroxylation is 1. The Morgan fingerprint density at radius 3 is 2.62 bits per heavy atom. The van der Waals surface area contributed by atoms with Crippen molar-refractivity contribution in [1.82, 2.24) is 15.0 Å². The Bertz CT molecular complexity index is 715. The maximum atomic E-state index is 5.75. The van der Waals surface area contributed by atoms with E-state index in [0.29, 0.717) is 0 Å². The average Bonchev–Trinajstić information content (AvgIpc) is 2.96. The van der Waals surface area contributed by atoms with Gasteiger partial charge in [0.2, 0.25) is 0 Å². The topological polar surface area (TPSA) is 55.9 Å². The van der Waals surface area contributed by atoms with Crippen molar-refractivity contribution in [3.8, 4) is 0 Å². The minimum atomic E-state index is 0.0634. The molecule has 3 N–H and O–H groups in total. The molecule has 0 saturated carbocycles. The van der Waals surface area contributed by atoms with Gasteiger partial charge in [0.15, 0.2) is 0 Å². The van der Waals surface area contributed by atoms with Crippen molar-refractivity contribution in [1.29, 1.82) is 0 Å². The van der Waals surface area contributed by atoms with E-state index in [1.54, 1.807) is 0 Å². The zero-order valence-electron chi connectivity index (χ0n) is 12.2. The molecule has 0 bridgehead atoms. The minimum absolute atomic E-state index is 0.0634. The molecule has 3 aromatic rings. The molecule has 108 valence electrons. The Labute approximate surface area is 124 Å². The van der Waals surface area contributed by atoms with Gasteiger partial charge in [0.05, 0.1) is 23.4 Å². The fourth-order valence-electron chi connectivity index (χ4n) is 2.59. The number of imidazole rings is 1. The summed E-state index contributed by atoms with van der Waals surface area (Å²) in [6.07, 6.45) is 2.92. The first-order chi connectivity index (χ1) is 10.3. The van der Waals surface area contributed by atoms with Crippen LogP contribution in [0.1, 0.15) is 24.1 Å². The van der Waals surface area contributed by atoms with E-state index in [-0.39, 0.29) is 6.04 Å². The van der Waals surface area contributed by atoms with E-state index >= 15 is 0 Å². The number of hydrazine groups is 1. The standard InChI is InChI=1S/C17H20N4/c1-2-13-7-9-14(10-8-13)16(20-18)11-21-12-19-15-5-3-4-6-17(15)21/h3-10,12,16,20H,2,11,18H2,1H3. The largest absolute Gasteiger partial charge is 0.329 e. The van der Waals surface area contributed by atoms with Crippen LogP contribution < -0.4 is 11.3 Å². The van der Waals surface area contributed by atoms with Crippen LogP contribution in [0.5, 0.6) is 0 Å². The summed E-state index contributed by atoms with van der Waals surface area (Å²) in [4.78, 5) is 4.42. The van der Waals surface area contributed by atoms with Gasteiger partial charge in [-0.15, -0.1) is 0 Å². The second kappa shape index (κ2) is 6.08. The number of hydrogen-bond acceptors (Lipinski definition) is 3. The summed E-state index contributed by atoms with van der Waals surface area (Å²) in [7, 11) is 0. The summed E-state index contributed by atoms with van der Waals surface area (Å²) in [6, 6.07) is 16.8. The number of nitrogens with zero attached hydrogens (tertiary/aromatic N) is 2. The van der Waals surface area contributed by atoms with Gasteiger partial charge >= 0.3 is 0 Å². The molecular formula is C17H20N4. The highest BCUT2D eigenvalue weighted by atomic mass is 15.2. The number of benzene rings is 2. The molecule has 3 rings (SSSR count). The fraction of sp³-hybridized carbons (Fsp3) is 0.235. The van der Waals surface area contributed by atoms with E-state index in [2.05, 4.69) is 52.2 Å². The third-order valence-electron chi connectivity index (χ3n) is 3.90. The van der Waals surface area contributed by atoms with Crippen molar-refractivity contribution in [2.45, 2.75) is 25.9 Å². The van der Waals surface area contributed by atoms with E-state index in [0.717, 1.165) is 24.0 Å². The van der Waals surface area contributed by atoms with Crippen LogP contribution >= 0.6 is 0 Å². The molecule has 4 nitrogen and oxygen atoms in total. The molecule has 2 aromatic carbocycles. The highest BCUT2D eigenvalue weighted by Gasteiger charge is 2.12. The number of nitrogens with two attached hydrogens (primary N) is 1. The van der Waals surface area contributed by atoms with Gasteiger partial charge in [-0.05, 0) is 29.7 Å². The van der Waals surface area contributed by atoms with E-state index in [4.69, 9.17) is 5.84 Å². The van der Waals surface area contributed by atoms with E-state index in [9.17, 15) is 0 Å². The van der Waals surface area contributed by atoms with Crippen LogP contribution in [0.3, 0.4) is 0 Å². The second-order valence-electron chi connectivity index (χ2n) is 5.20. The van der Waals surface area contributed by atoms with Crippen molar-refractivity contribution >= 4 is 11.0 Å². The second-order valence-corrected chi connectivity index (χ2v) is 5.20. The zero-order valence-corrected chi connectivity index (χ0v) is 12.2. The third-order valence-corrected chi connectivity index (χ3v) is 3.90. The predicted octanol–water partition coefficient (Wildman–Crippen LogP) is 2.80. The lowest BCUT2D eigenvalue weighted by atomic mass is 10.0. The maximum Gasteiger partial charge on any atom is 0.0958 e.